The maximum absolute atomic E-state index is 12.5. The van der Waals surface area contributed by atoms with Crippen LogP contribution in [0.3, 0.4) is 0 Å². The molecule has 1 atom stereocenters. The van der Waals surface area contributed by atoms with Gasteiger partial charge in [-0.2, -0.15) is 0 Å². The van der Waals surface area contributed by atoms with Gasteiger partial charge in [-0.25, -0.2) is 0 Å². The lowest BCUT2D eigenvalue weighted by Gasteiger charge is -2.38. The Balaban J connectivity index is 1.77. The Morgan fingerprint density at radius 2 is 1.93 bits per heavy atom. The van der Waals surface area contributed by atoms with Gasteiger partial charge in [0.15, 0.2) is 8.32 Å². The number of anilines is 1. The lowest BCUT2D eigenvalue weighted by Crippen LogP contribution is -2.44. The SMILES string of the molecule is CC(C)(C)[Si](C)(C)O[C@@H]1CCN(c2ccc(-n3ccc(O)cc3=O)c(=O)[nH]2)C1. The van der Waals surface area contributed by atoms with Crippen molar-refractivity contribution in [1.29, 1.82) is 0 Å². The summed E-state index contributed by atoms with van der Waals surface area (Å²) < 4.78 is 7.72. The van der Waals surface area contributed by atoms with Crippen molar-refractivity contribution < 1.29 is 9.53 Å². The number of pyridine rings is 2. The number of aromatic nitrogens is 2. The first-order valence-corrected chi connectivity index (χ1v) is 12.5. The highest BCUT2D eigenvalue weighted by Crippen LogP contribution is 2.38. The van der Waals surface area contributed by atoms with Gasteiger partial charge in [-0.3, -0.25) is 14.2 Å². The maximum atomic E-state index is 12.5. The van der Waals surface area contributed by atoms with Gasteiger partial charge < -0.3 is 19.4 Å². The summed E-state index contributed by atoms with van der Waals surface area (Å²) in [6.45, 7) is 12.7. The molecular formula is C20H29N3O4Si. The third-order valence-corrected chi connectivity index (χ3v) is 10.3. The van der Waals surface area contributed by atoms with Crippen molar-refractivity contribution in [2.45, 2.75) is 51.4 Å². The van der Waals surface area contributed by atoms with Gasteiger partial charge >= 0.3 is 0 Å². The van der Waals surface area contributed by atoms with Crippen LogP contribution in [0.1, 0.15) is 27.2 Å². The molecule has 152 valence electrons. The van der Waals surface area contributed by atoms with Gasteiger partial charge in [-0.05, 0) is 42.8 Å². The van der Waals surface area contributed by atoms with Gasteiger partial charge in [-0.1, -0.05) is 20.8 Å². The Hall–Kier alpha value is -2.32. The van der Waals surface area contributed by atoms with E-state index in [0.717, 1.165) is 31.4 Å². The predicted octanol–water partition coefficient (Wildman–Crippen LogP) is 2.83. The van der Waals surface area contributed by atoms with Crippen LogP contribution in [0.4, 0.5) is 5.82 Å². The quantitative estimate of drug-likeness (QED) is 0.767. The van der Waals surface area contributed by atoms with Crippen LogP contribution >= 0.6 is 0 Å². The second-order valence-corrected chi connectivity index (χ2v) is 13.6. The smallest absolute Gasteiger partial charge is 0.273 e. The molecule has 1 aliphatic rings. The van der Waals surface area contributed by atoms with Crippen LogP contribution in [0, 0.1) is 0 Å². The summed E-state index contributed by atoms with van der Waals surface area (Å²) in [4.78, 5) is 29.6. The van der Waals surface area contributed by atoms with E-state index in [0.29, 0.717) is 0 Å². The summed E-state index contributed by atoms with van der Waals surface area (Å²) in [5, 5.41) is 9.54. The number of aromatic hydroxyl groups is 1. The van der Waals surface area contributed by atoms with Crippen molar-refractivity contribution >= 4 is 14.1 Å². The number of hydrogen-bond donors (Lipinski definition) is 2. The Morgan fingerprint density at radius 3 is 2.54 bits per heavy atom. The van der Waals surface area contributed by atoms with E-state index in [9.17, 15) is 14.7 Å². The highest BCUT2D eigenvalue weighted by Gasteiger charge is 2.40. The van der Waals surface area contributed by atoms with Gasteiger partial charge in [0.05, 0.1) is 6.10 Å². The van der Waals surface area contributed by atoms with Crippen LogP contribution in [0.5, 0.6) is 5.75 Å². The Morgan fingerprint density at radius 1 is 1.21 bits per heavy atom. The first kappa shape index (κ1) is 20.4. The van der Waals surface area contributed by atoms with E-state index >= 15 is 0 Å². The summed E-state index contributed by atoms with van der Waals surface area (Å²) >= 11 is 0. The average Bonchev–Trinajstić information content (AvgIpc) is 3.02. The number of nitrogens with zero attached hydrogens (tertiary/aromatic N) is 2. The van der Waals surface area contributed by atoms with Gasteiger partial charge in [-0.15, -0.1) is 0 Å². The molecule has 2 N–H and O–H groups in total. The molecule has 1 fully saturated rings. The van der Waals surface area contributed by atoms with Gasteiger partial charge in [0.1, 0.15) is 17.3 Å². The Labute approximate surface area is 165 Å². The largest absolute Gasteiger partial charge is 0.508 e. The number of H-pyrrole nitrogens is 1. The lowest BCUT2D eigenvalue weighted by molar-refractivity contribution is 0.202. The fourth-order valence-electron chi connectivity index (χ4n) is 3.13. The van der Waals surface area contributed by atoms with Gasteiger partial charge in [0.2, 0.25) is 0 Å². The second-order valence-electron chi connectivity index (χ2n) is 8.89. The molecule has 28 heavy (non-hydrogen) atoms. The fourth-order valence-corrected chi connectivity index (χ4v) is 4.51. The number of hydrogen-bond acceptors (Lipinski definition) is 5. The molecule has 0 aliphatic carbocycles. The minimum atomic E-state index is -1.83. The van der Waals surface area contributed by atoms with Gasteiger partial charge in [0, 0.05) is 25.4 Å². The van der Waals surface area contributed by atoms with Gasteiger partial charge in [0.25, 0.3) is 11.1 Å². The first-order valence-electron chi connectivity index (χ1n) is 9.56. The molecule has 1 saturated heterocycles. The molecule has 8 heteroatoms. The minimum absolute atomic E-state index is 0.126. The summed E-state index contributed by atoms with van der Waals surface area (Å²) in [7, 11) is -1.83. The average molecular weight is 404 g/mol. The van der Waals surface area contributed by atoms with Crippen molar-refractivity contribution in [3.63, 3.8) is 0 Å². The molecule has 0 bridgehead atoms. The molecule has 3 heterocycles. The maximum Gasteiger partial charge on any atom is 0.273 e. The van der Waals surface area contributed by atoms with Crippen LogP contribution in [-0.2, 0) is 4.43 Å². The molecule has 0 spiro atoms. The van der Waals surface area contributed by atoms with E-state index in [2.05, 4.69) is 43.7 Å². The summed E-state index contributed by atoms with van der Waals surface area (Å²) in [6, 6.07) is 5.90. The third kappa shape index (κ3) is 4.07. The van der Waals surface area contributed by atoms with Crippen molar-refractivity contribution in [1.82, 2.24) is 9.55 Å². The monoisotopic (exact) mass is 403 g/mol. The van der Waals surface area contributed by atoms with E-state index in [1.807, 2.05) is 6.07 Å². The zero-order valence-electron chi connectivity index (χ0n) is 17.2. The van der Waals surface area contributed by atoms with Crippen molar-refractivity contribution in [2.24, 2.45) is 0 Å². The molecule has 0 amide bonds. The topological polar surface area (TPSA) is 87.6 Å². The molecule has 0 aromatic carbocycles. The molecule has 3 rings (SSSR count). The molecular weight excluding hydrogens is 374 g/mol. The first-order chi connectivity index (χ1) is 13.0. The third-order valence-electron chi connectivity index (χ3n) is 5.79. The standard InChI is InChI=1S/C20H29N3O4Si/c1-20(2,3)28(4,5)27-15-9-10-22(13-15)17-7-6-16(19(26)21-17)23-11-8-14(24)12-18(23)25/h6-8,11-12,15,24H,9-10,13H2,1-5H3,(H,21,26)/t15-/m1/s1. The lowest BCUT2D eigenvalue weighted by atomic mass is 10.2. The van der Waals surface area contributed by atoms with E-state index in [4.69, 9.17) is 4.43 Å². The normalized spacial score (nSPS) is 17.9. The predicted molar refractivity (Wildman–Crippen MR) is 113 cm³/mol. The zero-order valence-corrected chi connectivity index (χ0v) is 18.2. The zero-order chi connectivity index (χ0) is 20.7. The minimum Gasteiger partial charge on any atom is -0.508 e. The molecule has 2 aromatic rings. The molecule has 0 saturated carbocycles. The van der Waals surface area contributed by atoms with Crippen LogP contribution < -0.4 is 16.0 Å². The Bertz CT molecular complexity index is 974. The molecule has 1 aliphatic heterocycles. The van der Waals surface area contributed by atoms with Crippen LogP contribution in [0.2, 0.25) is 18.1 Å². The highest BCUT2D eigenvalue weighted by molar-refractivity contribution is 6.74. The summed E-state index contributed by atoms with van der Waals surface area (Å²) in [6.07, 6.45) is 2.47. The summed E-state index contributed by atoms with van der Waals surface area (Å²) in [5.74, 6) is 0.598. The van der Waals surface area contributed by atoms with E-state index in [-0.39, 0.29) is 28.1 Å². The van der Waals surface area contributed by atoms with Crippen molar-refractivity contribution in [3.8, 4) is 11.4 Å². The fraction of sp³-hybridized carbons (Fsp3) is 0.500. The van der Waals surface area contributed by atoms with Crippen LogP contribution in [0.25, 0.3) is 5.69 Å². The molecule has 7 nitrogen and oxygen atoms in total. The van der Waals surface area contributed by atoms with E-state index < -0.39 is 13.9 Å². The molecule has 0 unspecified atom stereocenters. The molecule has 0 radical (unpaired) electrons. The van der Waals surface area contributed by atoms with E-state index in [1.165, 1.54) is 16.8 Å². The Kier molecular flexibility index (Phi) is 5.29. The van der Waals surface area contributed by atoms with Crippen molar-refractivity contribution in [3.05, 3.63) is 51.2 Å². The number of rotatable bonds is 4. The number of aromatic amines is 1. The number of nitrogens with one attached hydrogen (secondary N) is 1. The van der Waals surface area contributed by atoms with E-state index in [1.54, 1.807) is 6.07 Å². The second kappa shape index (κ2) is 7.25. The van der Waals surface area contributed by atoms with Crippen molar-refractivity contribution in [2.75, 3.05) is 18.0 Å². The van der Waals surface area contributed by atoms with Crippen LogP contribution in [-0.4, -0.2) is 42.2 Å². The van der Waals surface area contributed by atoms with Crippen LogP contribution in [0.15, 0.2) is 40.1 Å². The molecule has 2 aromatic heterocycles. The highest BCUT2D eigenvalue weighted by atomic mass is 28.4. The summed E-state index contributed by atoms with van der Waals surface area (Å²) in [5.41, 5.74) is -0.580.